The van der Waals surface area contributed by atoms with Crippen molar-refractivity contribution in [1.29, 1.82) is 0 Å². The second-order valence-electron chi connectivity index (χ2n) is 6.44. The molecule has 0 aliphatic heterocycles. The fourth-order valence-corrected chi connectivity index (χ4v) is 2.45. The maximum Gasteiger partial charge on any atom is 0.119 e. The van der Waals surface area contributed by atoms with E-state index in [1.165, 1.54) is 11.1 Å². The fraction of sp³-hybridized carbons (Fsp3) is 0.429. The summed E-state index contributed by atoms with van der Waals surface area (Å²) in [6.45, 7) is 7.17. The van der Waals surface area contributed by atoms with E-state index in [0.29, 0.717) is 5.92 Å². The highest BCUT2D eigenvalue weighted by atomic mass is 16.5. The van der Waals surface area contributed by atoms with Crippen LogP contribution in [0, 0.1) is 5.92 Å². The van der Waals surface area contributed by atoms with Crippen LogP contribution in [-0.4, -0.2) is 13.2 Å². The van der Waals surface area contributed by atoms with Crippen molar-refractivity contribution in [3.05, 3.63) is 65.7 Å². The summed E-state index contributed by atoms with van der Waals surface area (Å²) in [6, 6.07) is 19.1. The van der Waals surface area contributed by atoms with E-state index in [4.69, 9.17) is 4.74 Å². The number of nitrogens with one attached hydrogen (secondary N) is 1. The molecule has 2 aromatic rings. The molecule has 2 nitrogen and oxygen atoms in total. The van der Waals surface area contributed by atoms with Crippen LogP contribution < -0.4 is 10.1 Å². The van der Waals surface area contributed by atoms with Crippen LogP contribution >= 0.6 is 0 Å². The first-order chi connectivity index (χ1) is 11.2. The maximum atomic E-state index is 5.82. The van der Waals surface area contributed by atoms with Gasteiger partial charge in [0.05, 0.1) is 6.61 Å². The van der Waals surface area contributed by atoms with Gasteiger partial charge in [0.25, 0.3) is 0 Å². The van der Waals surface area contributed by atoms with Crippen LogP contribution in [0.1, 0.15) is 37.8 Å². The van der Waals surface area contributed by atoms with E-state index in [9.17, 15) is 0 Å². The summed E-state index contributed by atoms with van der Waals surface area (Å²) >= 11 is 0. The van der Waals surface area contributed by atoms with E-state index < -0.39 is 0 Å². The van der Waals surface area contributed by atoms with Crippen LogP contribution in [0.4, 0.5) is 0 Å². The van der Waals surface area contributed by atoms with Crippen LogP contribution in [-0.2, 0) is 13.0 Å². The Bertz CT molecular complexity index is 551. The third-order valence-electron chi connectivity index (χ3n) is 3.85. The first-order valence-corrected chi connectivity index (χ1v) is 8.70. The molecule has 124 valence electrons. The minimum atomic E-state index is 0.685. The first kappa shape index (κ1) is 17.6. The van der Waals surface area contributed by atoms with Crippen LogP contribution in [0.3, 0.4) is 0 Å². The molecule has 1 N–H and O–H groups in total. The van der Waals surface area contributed by atoms with Crippen molar-refractivity contribution >= 4 is 0 Å². The Morgan fingerprint density at radius 2 is 1.74 bits per heavy atom. The third-order valence-corrected chi connectivity index (χ3v) is 3.85. The Labute approximate surface area is 140 Å². The smallest absolute Gasteiger partial charge is 0.119 e. The monoisotopic (exact) mass is 311 g/mol. The van der Waals surface area contributed by atoms with Gasteiger partial charge in [-0.2, -0.15) is 0 Å². The number of ether oxygens (including phenoxy) is 1. The highest BCUT2D eigenvalue weighted by Crippen LogP contribution is 2.14. The molecule has 0 aliphatic rings. The van der Waals surface area contributed by atoms with Crippen molar-refractivity contribution in [2.24, 2.45) is 5.92 Å². The molecule has 0 saturated heterocycles. The first-order valence-electron chi connectivity index (χ1n) is 8.70. The number of aryl methyl sites for hydroxylation is 1. The third kappa shape index (κ3) is 7.34. The number of benzene rings is 2. The molecule has 0 aliphatic carbocycles. The van der Waals surface area contributed by atoms with Gasteiger partial charge in [0.2, 0.25) is 0 Å². The molecule has 0 atom stereocenters. The average Bonchev–Trinajstić information content (AvgIpc) is 2.56. The summed E-state index contributed by atoms with van der Waals surface area (Å²) in [5, 5.41) is 3.52. The lowest BCUT2D eigenvalue weighted by Crippen LogP contribution is -2.15. The maximum absolute atomic E-state index is 5.82. The van der Waals surface area contributed by atoms with Crippen molar-refractivity contribution in [3.63, 3.8) is 0 Å². The van der Waals surface area contributed by atoms with Gasteiger partial charge >= 0.3 is 0 Å². The van der Waals surface area contributed by atoms with Gasteiger partial charge in [-0.15, -0.1) is 0 Å². The van der Waals surface area contributed by atoms with Gasteiger partial charge in [-0.3, -0.25) is 0 Å². The van der Waals surface area contributed by atoms with Crippen LogP contribution in [0.15, 0.2) is 54.6 Å². The van der Waals surface area contributed by atoms with Gasteiger partial charge in [0.1, 0.15) is 5.75 Å². The number of rotatable bonds is 10. The predicted molar refractivity (Wildman–Crippen MR) is 97.9 cm³/mol. The number of hydrogen-bond donors (Lipinski definition) is 1. The quantitative estimate of drug-likeness (QED) is 0.634. The predicted octanol–water partition coefficient (Wildman–Crippen LogP) is 4.83. The molecule has 0 aromatic heterocycles. The normalized spacial score (nSPS) is 10.9. The van der Waals surface area contributed by atoms with E-state index in [2.05, 4.69) is 67.7 Å². The zero-order chi connectivity index (χ0) is 16.3. The molecule has 0 saturated carbocycles. The Morgan fingerprint density at radius 1 is 0.957 bits per heavy atom. The molecular weight excluding hydrogens is 282 g/mol. The van der Waals surface area contributed by atoms with E-state index in [0.717, 1.165) is 44.7 Å². The molecule has 23 heavy (non-hydrogen) atoms. The molecule has 2 rings (SSSR count). The van der Waals surface area contributed by atoms with Gasteiger partial charge in [0, 0.05) is 6.54 Å². The van der Waals surface area contributed by atoms with Crippen molar-refractivity contribution in [1.82, 2.24) is 5.32 Å². The summed E-state index contributed by atoms with van der Waals surface area (Å²) < 4.78 is 5.82. The summed E-state index contributed by atoms with van der Waals surface area (Å²) in [6.07, 6.45) is 3.39. The summed E-state index contributed by atoms with van der Waals surface area (Å²) in [4.78, 5) is 0. The van der Waals surface area contributed by atoms with Crippen molar-refractivity contribution in [3.8, 4) is 5.75 Å². The molecule has 2 aromatic carbocycles. The van der Waals surface area contributed by atoms with Crippen molar-refractivity contribution in [2.45, 2.75) is 39.7 Å². The number of hydrogen-bond acceptors (Lipinski definition) is 2. The standard InChI is InChI=1S/C21H29NO/c1-18(2)13-15-23-21-12-6-10-20(16-21)17-22-14-7-11-19-8-4-3-5-9-19/h3-6,8-10,12,16,18,22H,7,11,13-15,17H2,1-2H3. The minimum absolute atomic E-state index is 0.685. The molecule has 0 radical (unpaired) electrons. The topological polar surface area (TPSA) is 21.3 Å². The van der Waals surface area contributed by atoms with Gasteiger partial charge in [-0.05, 0) is 55.0 Å². The van der Waals surface area contributed by atoms with Crippen LogP contribution in [0.5, 0.6) is 5.75 Å². The average molecular weight is 311 g/mol. The summed E-state index contributed by atoms with van der Waals surface area (Å²) in [5.41, 5.74) is 2.70. The highest BCUT2D eigenvalue weighted by molar-refractivity contribution is 5.28. The largest absolute Gasteiger partial charge is 0.494 e. The summed E-state index contributed by atoms with van der Waals surface area (Å²) in [7, 11) is 0. The fourth-order valence-electron chi connectivity index (χ4n) is 2.45. The second kappa shape index (κ2) is 10.1. The minimum Gasteiger partial charge on any atom is -0.494 e. The van der Waals surface area contributed by atoms with Crippen LogP contribution in [0.2, 0.25) is 0 Å². The lowest BCUT2D eigenvalue weighted by atomic mass is 10.1. The second-order valence-corrected chi connectivity index (χ2v) is 6.44. The molecular formula is C21H29NO. The van der Waals surface area contributed by atoms with E-state index in [-0.39, 0.29) is 0 Å². The zero-order valence-corrected chi connectivity index (χ0v) is 14.4. The van der Waals surface area contributed by atoms with E-state index in [1.807, 2.05) is 6.07 Å². The zero-order valence-electron chi connectivity index (χ0n) is 14.4. The molecule has 0 amide bonds. The molecule has 0 unspecified atom stereocenters. The molecule has 2 heteroatoms. The molecule has 0 spiro atoms. The molecule has 0 fully saturated rings. The summed E-state index contributed by atoms with van der Waals surface area (Å²) in [5.74, 6) is 1.67. The van der Waals surface area contributed by atoms with Crippen LogP contribution in [0.25, 0.3) is 0 Å². The van der Waals surface area contributed by atoms with Gasteiger partial charge in [-0.1, -0.05) is 56.3 Å². The molecule has 0 bridgehead atoms. The Kier molecular flexibility index (Phi) is 7.68. The van der Waals surface area contributed by atoms with E-state index in [1.54, 1.807) is 0 Å². The SMILES string of the molecule is CC(C)CCOc1cccc(CNCCCc2ccccc2)c1. The van der Waals surface area contributed by atoms with E-state index >= 15 is 0 Å². The Hall–Kier alpha value is -1.80. The van der Waals surface area contributed by atoms with Gasteiger partial charge < -0.3 is 10.1 Å². The molecule has 0 heterocycles. The lowest BCUT2D eigenvalue weighted by molar-refractivity contribution is 0.289. The Balaban J connectivity index is 1.65. The van der Waals surface area contributed by atoms with Crippen molar-refractivity contribution in [2.75, 3.05) is 13.2 Å². The highest BCUT2D eigenvalue weighted by Gasteiger charge is 1.99. The van der Waals surface area contributed by atoms with Gasteiger partial charge in [0.15, 0.2) is 0 Å². The Morgan fingerprint density at radius 3 is 2.52 bits per heavy atom. The lowest BCUT2D eigenvalue weighted by Gasteiger charge is -2.10. The van der Waals surface area contributed by atoms with Crippen molar-refractivity contribution < 1.29 is 4.74 Å². The van der Waals surface area contributed by atoms with Gasteiger partial charge in [-0.25, -0.2) is 0 Å².